The minimum atomic E-state index is -0.286. The Balaban J connectivity index is 2.04. The van der Waals surface area contributed by atoms with Gasteiger partial charge in [0.25, 0.3) is 0 Å². The second kappa shape index (κ2) is 8.67. The molecule has 0 aliphatic carbocycles. The van der Waals surface area contributed by atoms with E-state index in [1.54, 1.807) is 18.3 Å². The molecule has 126 valence electrons. The molecule has 2 rings (SSSR count). The molecule has 1 aromatic heterocycles. The van der Waals surface area contributed by atoms with Gasteiger partial charge in [-0.15, -0.1) is 0 Å². The van der Waals surface area contributed by atoms with Gasteiger partial charge in [-0.05, 0) is 37.6 Å². The molecule has 0 fully saturated rings. The van der Waals surface area contributed by atoms with Crippen molar-refractivity contribution in [2.24, 2.45) is 5.73 Å². The fourth-order valence-electron chi connectivity index (χ4n) is 2.61. The van der Waals surface area contributed by atoms with Crippen molar-refractivity contribution in [1.82, 2.24) is 9.55 Å². The van der Waals surface area contributed by atoms with E-state index in [4.69, 9.17) is 10.5 Å². The average molecular weight is 319 g/mol. The first-order chi connectivity index (χ1) is 11.2. The van der Waals surface area contributed by atoms with Gasteiger partial charge in [-0.2, -0.15) is 0 Å². The van der Waals surface area contributed by atoms with Crippen LogP contribution in [0.5, 0.6) is 11.8 Å². The van der Waals surface area contributed by atoms with Gasteiger partial charge in [0.05, 0.1) is 11.9 Å². The largest absolute Gasteiger partial charge is 0.426 e. The Hall–Kier alpha value is -1.88. The number of hydrogen-bond donors (Lipinski definition) is 1. The molecule has 4 nitrogen and oxygen atoms in total. The fraction of sp³-hybridized carbons (Fsp3) is 0.500. The lowest BCUT2D eigenvalue weighted by atomic mass is 10.1. The average Bonchev–Trinajstić information content (AvgIpc) is 2.96. The molecule has 0 aliphatic heterocycles. The van der Waals surface area contributed by atoms with Crippen LogP contribution in [0.15, 0.2) is 30.5 Å². The van der Waals surface area contributed by atoms with E-state index in [0.29, 0.717) is 11.8 Å². The summed E-state index contributed by atoms with van der Waals surface area (Å²) in [6, 6.07) is 6.38. The Morgan fingerprint density at radius 3 is 2.57 bits per heavy atom. The zero-order chi connectivity index (χ0) is 16.7. The molecule has 0 spiro atoms. The maximum absolute atomic E-state index is 13.0. The van der Waals surface area contributed by atoms with Crippen molar-refractivity contribution < 1.29 is 9.13 Å². The van der Waals surface area contributed by atoms with Crippen molar-refractivity contribution in [3.8, 4) is 11.8 Å². The minimum absolute atomic E-state index is 0.0372. The molecule has 0 amide bonds. The topological polar surface area (TPSA) is 53.1 Å². The van der Waals surface area contributed by atoms with E-state index >= 15 is 0 Å². The summed E-state index contributed by atoms with van der Waals surface area (Å²) in [6.07, 6.45) is 7.53. The van der Waals surface area contributed by atoms with Crippen LogP contribution in [-0.4, -0.2) is 9.55 Å². The highest BCUT2D eigenvalue weighted by Crippen LogP contribution is 2.26. The van der Waals surface area contributed by atoms with Crippen LogP contribution in [0.2, 0.25) is 0 Å². The SMILES string of the molecule is CCCCCCC(N)c1cnc(Oc2ccc(F)cc2)n1CC. The molecule has 5 heteroatoms. The van der Waals surface area contributed by atoms with Gasteiger partial charge in [0, 0.05) is 12.6 Å². The first-order valence-electron chi connectivity index (χ1n) is 8.40. The summed E-state index contributed by atoms with van der Waals surface area (Å²) in [6.45, 7) is 4.96. The summed E-state index contributed by atoms with van der Waals surface area (Å²) in [7, 11) is 0. The minimum Gasteiger partial charge on any atom is -0.426 e. The van der Waals surface area contributed by atoms with Gasteiger partial charge in [0.2, 0.25) is 0 Å². The van der Waals surface area contributed by atoms with Gasteiger partial charge in [-0.1, -0.05) is 32.6 Å². The molecule has 2 N–H and O–H groups in total. The molecule has 23 heavy (non-hydrogen) atoms. The number of imidazole rings is 1. The highest BCUT2D eigenvalue weighted by molar-refractivity contribution is 5.26. The summed E-state index contributed by atoms with van der Waals surface area (Å²) < 4.78 is 20.7. The molecule has 0 saturated carbocycles. The predicted molar refractivity (Wildman–Crippen MR) is 90.1 cm³/mol. The van der Waals surface area contributed by atoms with Gasteiger partial charge in [-0.25, -0.2) is 9.37 Å². The number of nitrogens with two attached hydrogens (primary N) is 1. The van der Waals surface area contributed by atoms with E-state index in [9.17, 15) is 4.39 Å². The Labute approximate surface area is 137 Å². The van der Waals surface area contributed by atoms with E-state index in [0.717, 1.165) is 25.1 Å². The van der Waals surface area contributed by atoms with Gasteiger partial charge < -0.3 is 10.5 Å². The van der Waals surface area contributed by atoms with Gasteiger partial charge in [0.1, 0.15) is 11.6 Å². The van der Waals surface area contributed by atoms with Crippen LogP contribution in [0.25, 0.3) is 0 Å². The maximum Gasteiger partial charge on any atom is 0.302 e. The summed E-state index contributed by atoms with van der Waals surface area (Å²) in [5, 5.41) is 0. The molecule has 1 unspecified atom stereocenters. The van der Waals surface area contributed by atoms with E-state index in [1.807, 2.05) is 11.5 Å². The standard InChI is InChI=1S/C18H26FN3O/c1-3-5-6-7-8-16(20)17-13-21-18(22(17)4-2)23-15-11-9-14(19)10-12-15/h9-13,16H,3-8,20H2,1-2H3. The third-order valence-corrected chi connectivity index (χ3v) is 3.94. The number of rotatable bonds is 9. The lowest BCUT2D eigenvalue weighted by molar-refractivity contribution is 0.405. The molecule has 0 radical (unpaired) electrons. The lowest BCUT2D eigenvalue weighted by Crippen LogP contribution is -2.15. The van der Waals surface area contributed by atoms with Crippen LogP contribution >= 0.6 is 0 Å². The van der Waals surface area contributed by atoms with E-state index < -0.39 is 0 Å². The van der Waals surface area contributed by atoms with E-state index in [2.05, 4.69) is 11.9 Å². The highest BCUT2D eigenvalue weighted by Gasteiger charge is 2.16. The molecule has 1 atom stereocenters. The zero-order valence-corrected chi connectivity index (χ0v) is 14.0. The van der Waals surface area contributed by atoms with Crippen molar-refractivity contribution in [2.45, 2.75) is 58.5 Å². The Bertz CT molecular complexity index is 595. The lowest BCUT2D eigenvalue weighted by Gasteiger charge is -2.15. The molecule has 1 aromatic carbocycles. The summed E-state index contributed by atoms with van der Waals surface area (Å²) in [5.41, 5.74) is 7.30. The first kappa shape index (κ1) is 17.5. The van der Waals surface area contributed by atoms with Crippen molar-refractivity contribution >= 4 is 0 Å². The number of aromatic nitrogens is 2. The Kier molecular flexibility index (Phi) is 6.59. The molecule has 2 aromatic rings. The van der Waals surface area contributed by atoms with Crippen molar-refractivity contribution in [3.05, 3.63) is 42.0 Å². The van der Waals surface area contributed by atoms with Crippen molar-refractivity contribution in [2.75, 3.05) is 0 Å². The highest BCUT2D eigenvalue weighted by atomic mass is 19.1. The van der Waals surface area contributed by atoms with E-state index in [-0.39, 0.29) is 11.9 Å². The number of nitrogens with zero attached hydrogens (tertiary/aromatic N) is 2. The quantitative estimate of drug-likeness (QED) is 0.675. The summed E-state index contributed by atoms with van der Waals surface area (Å²) >= 11 is 0. The van der Waals surface area contributed by atoms with Crippen LogP contribution in [-0.2, 0) is 6.54 Å². The molecule has 0 saturated heterocycles. The molecular formula is C18H26FN3O. The van der Waals surface area contributed by atoms with Crippen LogP contribution in [0, 0.1) is 5.82 Å². The zero-order valence-electron chi connectivity index (χ0n) is 14.0. The normalized spacial score (nSPS) is 12.3. The second-order valence-corrected chi connectivity index (χ2v) is 5.72. The third-order valence-electron chi connectivity index (χ3n) is 3.94. The molecule has 0 aliphatic rings. The van der Waals surface area contributed by atoms with Gasteiger partial charge in [0.15, 0.2) is 0 Å². The van der Waals surface area contributed by atoms with E-state index in [1.165, 1.54) is 31.4 Å². The van der Waals surface area contributed by atoms with Gasteiger partial charge >= 0.3 is 6.01 Å². The molecular weight excluding hydrogens is 293 g/mol. The van der Waals surface area contributed by atoms with Crippen LogP contribution in [0.3, 0.4) is 0 Å². The smallest absolute Gasteiger partial charge is 0.302 e. The summed E-state index contributed by atoms with van der Waals surface area (Å²) in [5.74, 6) is 0.278. The fourth-order valence-corrected chi connectivity index (χ4v) is 2.61. The second-order valence-electron chi connectivity index (χ2n) is 5.72. The number of hydrogen-bond acceptors (Lipinski definition) is 3. The number of benzene rings is 1. The number of halogens is 1. The predicted octanol–water partition coefficient (Wildman–Crippen LogP) is 4.80. The number of unbranched alkanes of at least 4 members (excludes halogenated alkanes) is 3. The number of ether oxygens (including phenoxy) is 1. The molecule has 1 heterocycles. The Morgan fingerprint density at radius 2 is 1.91 bits per heavy atom. The third kappa shape index (κ3) is 4.79. The first-order valence-corrected chi connectivity index (χ1v) is 8.40. The summed E-state index contributed by atoms with van der Waals surface area (Å²) in [4.78, 5) is 4.34. The van der Waals surface area contributed by atoms with Crippen LogP contribution in [0.4, 0.5) is 4.39 Å². The Morgan fingerprint density at radius 1 is 1.17 bits per heavy atom. The van der Waals surface area contributed by atoms with Crippen molar-refractivity contribution in [3.63, 3.8) is 0 Å². The van der Waals surface area contributed by atoms with Crippen LogP contribution in [0.1, 0.15) is 57.7 Å². The van der Waals surface area contributed by atoms with Gasteiger partial charge in [-0.3, -0.25) is 4.57 Å². The maximum atomic E-state index is 13.0. The van der Waals surface area contributed by atoms with Crippen LogP contribution < -0.4 is 10.5 Å². The van der Waals surface area contributed by atoms with Crippen molar-refractivity contribution in [1.29, 1.82) is 0 Å². The monoisotopic (exact) mass is 319 g/mol. The molecule has 0 bridgehead atoms.